The lowest BCUT2D eigenvalue weighted by molar-refractivity contribution is -0.131. The van der Waals surface area contributed by atoms with Crippen molar-refractivity contribution < 1.29 is 4.79 Å². The van der Waals surface area contributed by atoms with E-state index in [-0.39, 0.29) is 24.4 Å². The van der Waals surface area contributed by atoms with E-state index in [1.807, 2.05) is 13.1 Å². The molecule has 1 heterocycles. The van der Waals surface area contributed by atoms with Gasteiger partial charge in [-0.15, -0.1) is 23.7 Å². The minimum absolute atomic E-state index is 0. The predicted octanol–water partition coefficient (Wildman–Crippen LogP) is 2.54. The molecule has 0 aromatic carbocycles. The van der Waals surface area contributed by atoms with E-state index in [1.54, 1.807) is 16.2 Å². The first-order valence-corrected chi connectivity index (χ1v) is 6.91. The number of likely N-dealkylation sites (N-methyl/N-ethyl adjacent to an activating group) is 1. The number of amides is 1. The Kier molecular flexibility index (Phi) is 8.24. The molecule has 104 valence electrons. The maximum absolute atomic E-state index is 11.9. The number of halogens is 1. The van der Waals surface area contributed by atoms with E-state index < -0.39 is 0 Å². The van der Waals surface area contributed by atoms with Crippen LogP contribution >= 0.6 is 23.7 Å². The fraction of sp³-hybridized carbons (Fsp3) is 0.615. The van der Waals surface area contributed by atoms with E-state index in [2.05, 4.69) is 25.3 Å². The van der Waals surface area contributed by atoms with Gasteiger partial charge in [-0.1, -0.05) is 19.9 Å². The molecule has 5 heteroatoms. The van der Waals surface area contributed by atoms with E-state index >= 15 is 0 Å². The minimum atomic E-state index is -0.358. The van der Waals surface area contributed by atoms with Crippen molar-refractivity contribution in [1.29, 1.82) is 0 Å². The van der Waals surface area contributed by atoms with Gasteiger partial charge in [-0.25, -0.2) is 0 Å². The van der Waals surface area contributed by atoms with E-state index in [9.17, 15) is 4.79 Å². The largest absolute Gasteiger partial charge is 0.344 e. The van der Waals surface area contributed by atoms with Gasteiger partial charge in [-0.3, -0.25) is 4.79 Å². The molecule has 1 aromatic heterocycles. The van der Waals surface area contributed by atoms with Crippen LogP contribution in [0.3, 0.4) is 0 Å². The van der Waals surface area contributed by atoms with Crippen molar-refractivity contribution in [3.8, 4) is 0 Å². The molecule has 0 fully saturated rings. The van der Waals surface area contributed by atoms with Crippen molar-refractivity contribution in [3.63, 3.8) is 0 Å². The molecule has 1 amide bonds. The smallest absolute Gasteiger partial charge is 0.239 e. The van der Waals surface area contributed by atoms with E-state index in [0.29, 0.717) is 5.92 Å². The summed E-state index contributed by atoms with van der Waals surface area (Å²) in [7, 11) is 1.83. The SMILES string of the molecule is CC(C)C[C@H](N)C(=O)N(C)CCc1cccs1.Cl. The number of rotatable bonds is 6. The fourth-order valence-electron chi connectivity index (χ4n) is 1.73. The number of carbonyl (C=O) groups excluding carboxylic acids is 1. The molecule has 0 unspecified atom stereocenters. The summed E-state index contributed by atoms with van der Waals surface area (Å²) in [6, 6.07) is 3.77. The fourth-order valence-corrected chi connectivity index (χ4v) is 2.43. The van der Waals surface area contributed by atoms with Crippen molar-refractivity contribution in [2.24, 2.45) is 11.7 Å². The van der Waals surface area contributed by atoms with Gasteiger partial charge in [0, 0.05) is 18.5 Å². The molecular formula is C13H23ClN2OS. The third-order valence-electron chi connectivity index (χ3n) is 2.69. The van der Waals surface area contributed by atoms with Crippen LogP contribution in [0.5, 0.6) is 0 Å². The van der Waals surface area contributed by atoms with Gasteiger partial charge in [-0.05, 0) is 30.2 Å². The summed E-state index contributed by atoms with van der Waals surface area (Å²) in [5.74, 6) is 0.509. The molecule has 0 aliphatic rings. The Hall–Kier alpha value is -0.580. The van der Waals surface area contributed by atoms with Crippen LogP contribution in [0.2, 0.25) is 0 Å². The summed E-state index contributed by atoms with van der Waals surface area (Å²) in [6.45, 7) is 4.91. The molecule has 0 aliphatic heterocycles. The predicted molar refractivity (Wildman–Crippen MR) is 80.3 cm³/mol. The molecule has 0 bridgehead atoms. The minimum Gasteiger partial charge on any atom is -0.344 e. The molecule has 3 nitrogen and oxygen atoms in total. The van der Waals surface area contributed by atoms with Gasteiger partial charge in [0.05, 0.1) is 6.04 Å². The first-order chi connectivity index (χ1) is 8.00. The van der Waals surface area contributed by atoms with Crippen LogP contribution in [0, 0.1) is 5.92 Å². The number of nitrogens with zero attached hydrogens (tertiary/aromatic N) is 1. The topological polar surface area (TPSA) is 46.3 Å². The number of carbonyl (C=O) groups is 1. The summed E-state index contributed by atoms with van der Waals surface area (Å²) in [4.78, 5) is 15.0. The first kappa shape index (κ1) is 17.4. The van der Waals surface area contributed by atoms with Crippen LogP contribution in [0.15, 0.2) is 17.5 Å². The van der Waals surface area contributed by atoms with E-state index in [0.717, 1.165) is 19.4 Å². The third-order valence-corrected chi connectivity index (χ3v) is 3.63. The Morgan fingerprint density at radius 3 is 2.67 bits per heavy atom. The Morgan fingerprint density at radius 1 is 1.50 bits per heavy atom. The summed E-state index contributed by atoms with van der Waals surface area (Å²) in [6.07, 6.45) is 1.66. The molecule has 0 saturated heterocycles. The highest BCUT2D eigenvalue weighted by Gasteiger charge is 2.18. The second kappa shape index (κ2) is 8.51. The second-order valence-corrected chi connectivity index (χ2v) is 5.86. The van der Waals surface area contributed by atoms with Crippen LogP contribution < -0.4 is 5.73 Å². The van der Waals surface area contributed by atoms with Gasteiger partial charge >= 0.3 is 0 Å². The highest BCUT2D eigenvalue weighted by molar-refractivity contribution is 7.09. The number of hydrogen-bond donors (Lipinski definition) is 1. The van der Waals surface area contributed by atoms with Gasteiger partial charge < -0.3 is 10.6 Å². The maximum atomic E-state index is 11.9. The van der Waals surface area contributed by atoms with Gasteiger partial charge in [0.25, 0.3) is 0 Å². The molecule has 1 aromatic rings. The van der Waals surface area contributed by atoms with Crippen LogP contribution in [0.4, 0.5) is 0 Å². The van der Waals surface area contributed by atoms with Crippen molar-refractivity contribution >= 4 is 29.7 Å². The standard InChI is InChI=1S/C13H22N2OS.ClH/c1-10(2)9-12(14)13(16)15(3)7-6-11-5-4-8-17-11;/h4-5,8,10,12H,6-7,9,14H2,1-3H3;1H/t12-;/m0./s1. The third kappa shape index (κ3) is 5.85. The lowest BCUT2D eigenvalue weighted by Gasteiger charge is -2.22. The van der Waals surface area contributed by atoms with Crippen molar-refractivity contribution in [2.45, 2.75) is 32.7 Å². The molecule has 18 heavy (non-hydrogen) atoms. The quantitative estimate of drug-likeness (QED) is 0.875. The van der Waals surface area contributed by atoms with Crippen molar-refractivity contribution in [1.82, 2.24) is 4.90 Å². The van der Waals surface area contributed by atoms with E-state index in [1.165, 1.54) is 4.88 Å². The zero-order chi connectivity index (χ0) is 12.8. The van der Waals surface area contributed by atoms with E-state index in [4.69, 9.17) is 5.73 Å². The van der Waals surface area contributed by atoms with Crippen LogP contribution in [-0.2, 0) is 11.2 Å². The zero-order valence-corrected chi connectivity index (χ0v) is 12.9. The molecular weight excluding hydrogens is 268 g/mol. The van der Waals surface area contributed by atoms with Crippen LogP contribution in [-0.4, -0.2) is 30.4 Å². The normalized spacial score (nSPS) is 12.1. The Morgan fingerprint density at radius 2 is 2.17 bits per heavy atom. The van der Waals surface area contributed by atoms with Crippen LogP contribution in [0.1, 0.15) is 25.1 Å². The second-order valence-electron chi connectivity index (χ2n) is 4.83. The number of thiophene rings is 1. The van der Waals surface area contributed by atoms with Crippen molar-refractivity contribution in [3.05, 3.63) is 22.4 Å². The molecule has 1 rings (SSSR count). The Balaban J connectivity index is 0.00000289. The number of nitrogens with two attached hydrogens (primary N) is 1. The molecule has 2 N–H and O–H groups in total. The molecule has 1 atom stereocenters. The Labute approximate surface area is 120 Å². The molecule has 0 spiro atoms. The van der Waals surface area contributed by atoms with Gasteiger partial charge in [0.1, 0.15) is 0 Å². The zero-order valence-electron chi connectivity index (χ0n) is 11.3. The molecule has 0 radical (unpaired) electrons. The lowest BCUT2D eigenvalue weighted by Crippen LogP contribution is -2.43. The van der Waals surface area contributed by atoms with Gasteiger partial charge in [0.15, 0.2) is 0 Å². The lowest BCUT2D eigenvalue weighted by atomic mass is 10.0. The molecule has 0 saturated carbocycles. The maximum Gasteiger partial charge on any atom is 0.239 e. The Bertz CT molecular complexity index is 341. The highest BCUT2D eigenvalue weighted by atomic mass is 35.5. The molecule has 0 aliphatic carbocycles. The van der Waals surface area contributed by atoms with Gasteiger partial charge in [0.2, 0.25) is 5.91 Å². The summed E-state index contributed by atoms with van der Waals surface area (Å²) in [5, 5.41) is 2.06. The summed E-state index contributed by atoms with van der Waals surface area (Å²) < 4.78 is 0. The van der Waals surface area contributed by atoms with Gasteiger partial charge in [-0.2, -0.15) is 0 Å². The van der Waals surface area contributed by atoms with Crippen molar-refractivity contribution in [2.75, 3.05) is 13.6 Å². The highest BCUT2D eigenvalue weighted by Crippen LogP contribution is 2.10. The summed E-state index contributed by atoms with van der Waals surface area (Å²) in [5.41, 5.74) is 5.88. The summed E-state index contributed by atoms with van der Waals surface area (Å²) >= 11 is 1.73. The number of hydrogen-bond acceptors (Lipinski definition) is 3. The monoisotopic (exact) mass is 290 g/mol. The average Bonchev–Trinajstić information content (AvgIpc) is 2.76. The first-order valence-electron chi connectivity index (χ1n) is 6.03. The average molecular weight is 291 g/mol. The van der Waals surface area contributed by atoms with Crippen LogP contribution in [0.25, 0.3) is 0 Å².